The van der Waals surface area contributed by atoms with Gasteiger partial charge >= 0.3 is 0 Å². The SMILES string of the molecule is C=C(C)COc1cc(CNCc2nnc3n2CCCCC3)ccc1OC. The third-order valence-electron chi connectivity index (χ3n) is 4.50. The lowest BCUT2D eigenvalue weighted by Gasteiger charge is -2.13. The molecule has 140 valence electrons. The number of aryl methyl sites for hydroxylation is 1. The van der Waals surface area contributed by atoms with Gasteiger partial charge in [-0.15, -0.1) is 10.2 Å². The van der Waals surface area contributed by atoms with Crippen LogP contribution in [0.3, 0.4) is 0 Å². The van der Waals surface area contributed by atoms with E-state index >= 15 is 0 Å². The molecule has 6 heteroatoms. The van der Waals surface area contributed by atoms with E-state index in [1.165, 1.54) is 19.3 Å². The molecule has 0 saturated heterocycles. The summed E-state index contributed by atoms with van der Waals surface area (Å²) in [5.74, 6) is 3.62. The largest absolute Gasteiger partial charge is 0.493 e. The number of aromatic nitrogens is 3. The van der Waals surface area contributed by atoms with E-state index in [1.54, 1.807) is 7.11 Å². The van der Waals surface area contributed by atoms with Gasteiger partial charge < -0.3 is 19.4 Å². The molecule has 2 aromatic rings. The minimum absolute atomic E-state index is 0.485. The van der Waals surface area contributed by atoms with Crippen LogP contribution in [0.5, 0.6) is 11.5 Å². The standard InChI is InChI=1S/C20H28N4O2/c1-15(2)14-26-18-11-16(8-9-17(18)25-3)12-21-13-20-23-22-19-7-5-4-6-10-24(19)20/h8-9,11,21H,1,4-7,10,12-14H2,2-3H3. The zero-order valence-electron chi connectivity index (χ0n) is 15.8. The predicted octanol–water partition coefficient (Wildman–Crippen LogP) is 3.26. The van der Waals surface area contributed by atoms with E-state index in [1.807, 2.05) is 25.1 Å². The summed E-state index contributed by atoms with van der Waals surface area (Å²) in [4.78, 5) is 0. The monoisotopic (exact) mass is 356 g/mol. The van der Waals surface area contributed by atoms with Crippen molar-refractivity contribution in [2.75, 3.05) is 13.7 Å². The maximum Gasteiger partial charge on any atom is 0.161 e. The van der Waals surface area contributed by atoms with Gasteiger partial charge in [0, 0.05) is 19.5 Å². The molecule has 0 bridgehead atoms. The summed E-state index contributed by atoms with van der Waals surface area (Å²) in [6.07, 6.45) is 4.73. The fraction of sp³-hybridized carbons (Fsp3) is 0.500. The first kappa shape index (κ1) is 18.5. The van der Waals surface area contributed by atoms with E-state index in [-0.39, 0.29) is 0 Å². The minimum atomic E-state index is 0.485. The molecule has 1 aliphatic rings. The molecular formula is C20H28N4O2. The molecule has 0 fully saturated rings. The van der Waals surface area contributed by atoms with Crippen LogP contribution >= 0.6 is 0 Å². The Morgan fingerprint density at radius 1 is 1.19 bits per heavy atom. The van der Waals surface area contributed by atoms with Crippen LogP contribution in [-0.4, -0.2) is 28.5 Å². The number of rotatable bonds is 8. The van der Waals surface area contributed by atoms with Crippen molar-refractivity contribution in [2.24, 2.45) is 0 Å². The molecule has 6 nitrogen and oxygen atoms in total. The summed E-state index contributed by atoms with van der Waals surface area (Å²) < 4.78 is 13.4. The van der Waals surface area contributed by atoms with Gasteiger partial charge in [-0.05, 0) is 43.0 Å². The van der Waals surface area contributed by atoms with Crippen molar-refractivity contribution in [3.05, 3.63) is 47.6 Å². The third kappa shape index (κ3) is 4.64. The number of ether oxygens (including phenoxy) is 2. The van der Waals surface area contributed by atoms with Crippen molar-refractivity contribution in [1.29, 1.82) is 0 Å². The molecule has 0 aliphatic carbocycles. The molecule has 1 aliphatic heterocycles. The van der Waals surface area contributed by atoms with Gasteiger partial charge in [0.2, 0.25) is 0 Å². The lowest BCUT2D eigenvalue weighted by atomic mass is 10.2. The van der Waals surface area contributed by atoms with E-state index in [0.717, 1.165) is 53.8 Å². The van der Waals surface area contributed by atoms with Crippen molar-refractivity contribution < 1.29 is 9.47 Å². The van der Waals surface area contributed by atoms with E-state index < -0.39 is 0 Å². The summed E-state index contributed by atoms with van der Waals surface area (Å²) in [5, 5.41) is 12.2. The van der Waals surface area contributed by atoms with Gasteiger partial charge in [0.15, 0.2) is 11.5 Å². The number of nitrogens with one attached hydrogen (secondary N) is 1. The highest BCUT2D eigenvalue weighted by Crippen LogP contribution is 2.28. The second-order valence-electron chi connectivity index (χ2n) is 6.83. The zero-order valence-corrected chi connectivity index (χ0v) is 15.8. The van der Waals surface area contributed by atoms with Crippen LogP contribution in [0.25, 0.3) is 0 Å². The van der Waals surface area contributed by atoms with Crippen molar-refractivity contribution in [2.45, 2.75) is 52.2 Å². The zero-order chi connectivity index (χ0) is 18.4. The summed E-state index contributed by atoms with van der Waals surface area (Å²) in [7, 11) is 1.65. The van der Waals surface area contributed by atoms with Gasteiger partial charge in [-0.3, -0.25) is 0 Å². The van der Waals surface area contributed by atoms with E-state index in [9.17, 15) is 0 Å². The quantitative estimate of drug-likeness (QED) is 0.736. The Kier molecular flexibility index (Phi) is 6.28. The summed E-state index contributed by atoms with van der Waals surface area (Å²) in [6.45, 7) is 8.77. The number of methoxy groups -OCH3 is 1. The second-order valence-corrected chi connectivity index (χ2v) is 6.83. The van der Waals surface area contributed by atoms with Crippen molar-refractivity contribution in [1.82, 2.24) is 20.1 Å². The van der Waals surface area contributed by atoms with Crippen molar-refractivity contribution in [3.8, 4) is 11.5 Å². The van der Waals surface area contributed by atoms with Crippen molar-refractivity contribution in [3.63, 3.8) is 0 Å². The second kappa shape index (κ2) is 8.85. The van der Waals surface area contributed by atoms with Crippen LogP contribution in [0.4, 0.5) is 0 Å². The normalized spacial score (nSPS) is 13.8. The first-order chi connectivity index (χ1) is 12.7. The van der Waals surface area contributed by atoms with Gasteiger partial charge in [0.05, 0.1) is 13.7 Å². The molecule has 26 heavy (non-hydrogen) atoms. The van der Waals surface area contributed by atoms with Crippen LogP contribution in [0, 0.1) is 0 Å². The highest BCUT2D eigenvalue weighted by atomic mass is 16.5. The van der Waals surface area contributed by atoms with Gasteiger partial charge in [-0.1, -0.05) is 19.1 Å². The molecule has 1 aromatic carbocycles. The highest BCUT2D eigenvalue weighted by Gasteiger charge is 2.14. The molecule has 0 saturated carbocycles. The summed E-state index contributed by atoms with van der Waals surface area (Å²) in [6, 6.07) is 6.00. The van der Waals surface area contributed by atoms with Crippen LogP contribution in [0.15, 0.2) is 30.4 Å². The minimum Gasteiger partial charge on any atom is -0.493 e. The van der Waals surface area contributed by atoms with Crippen LogP contribution in [0.2, 0.25) is 0 Å². The molecule has 1 N–H and O–H groups in total. The van der Waals surface area contributed by atoms with Gasteiger partial charge in [-0.25, -0.2) is 0 Å². The molecule has 2 heterocycles. The van der Waals surface area contributed by atoms with Crippen LogP contribution in [0.1, 0.15) is 43.4 Å². The first-order valence-corrected chi connectivity index (χ1v) is 9.23. The van der Waals surface area contributed by atoms with Gasteiger partial charge in [0.1, 0.15) is 18.3 Å². The number of hydrogen-bond acceptors (Lipinski definition) is 5. The number of hydrogen-bond donors (Lipinski definition) is 1. The third-order valence-corrected chi connectivity index (χ3v) is 4.50. The smallest absolute Gasteiger partial charge is 0.161 e. The Bertz CT molecular complexity index is 754. The molecule has 3 rings (SSSR count). The van der Waals surface area contributed by atoms with Crippen LogP contribution in [-0.2, 0) is 26.1 Å². The van der Waals surface area contributed by atoms with Gasteiger partial charge in [0.25, 0.3) is 0 Å². The van der Waals surface area contributed by atoms with Crippen molar-refractivity contribution >= 4 is 0 Å². The molecule has 0 unspecified atom stereocenters. The molecule has 0 amide bonds. The highest BCUT2D eigenvalue weighted by molar-refractivity contribution is 5.43. The fourth-order valence-corrected chi connectivity index (χ4v) is 3.14. The number of nitrogens with zero attached hydrogens (tertiary/aromatic N) is 3. The Balaban J connectivity index is 1.60. The Morgan fingerprint density at radius 2 is 2.08 bits per heavy atom. The maximum atomic E-state index is 5.79. The Labute approximate surface area is 155 Å². The molecule has 0 radical (unpaired) electrons. The average molecular weight is 356 g/mol. The molecule has 0 atom stereocenters. The van der Waals surface area contributed by atoms with E-state index in [2.05, 4.69) is 26.7 Å². The van der Waals surface area contributed by atoms with E-state index in [0.29, 0.717) is 13.2 Å². The first-order valence-electron chi connectivity index (χ1n) is 9.23. The molecule has 0 spiro atoms. The van der Waals surface area contributed by atoms with E-state index in [4.69, 9.17) is 9.47 Å². The fourth-order valence-electron chi connectivity index (χ4n) is 3.14. The lowest BCUT2D eigenvalue weighted by molar-refractivity contribution is 0.319. The maximum absolute atomic E-state index is 5.79. The Morgan fingerprint density at radius 3 is 2.88 bits per heavy atom. The lowest BCUT2D eigenvalue weighted by Crippen LogP contribution is -2.17. The summed E-state index contributed by atoms with van der Waals surface area (Å²) >= 11 is 0. The predicted molar refractivity (Wildman–Crippen MR) is 101 cm³/mol. The summed E-state index contributed by atoms with van der Waals surface area (Å²) in [5.41, 5.74) is 2.11. The average Bonchev–Trinajstić information content (AvgIpc) is 2.87. The Hall–Kier alpha value is -2.34. The molecular weight excluding hydrogens is 328 g/mol. The number of benzene rings is 1. The number of fused-ring (bicyclic) bond motifs is 1. The van der Waals surface area contributed by atoms with Gasteiger partial charge in [-0.2, -0.15) is 0 Å². The topological polar surface area (TPSA) is 61.2 Å². The molecule has 1 aromatic heterocycles. The van der Waals surface area contributed by atoms with Crippen LogP contribution < -0.4 is 14.8 Å².